The van der Waals surface area contributed by atoms with Crippen molar-refractivity contribution in [1.82, 2.24) is 5.32 Å². The molecule has 1 aliphatic rings. The van der Waals surface area contributed by atoms with Gasteiger partial charge in [0.15, 0.2) is 0 Å². The Labute approximate surface area is 128 Å². The number of para-hydroxylation sites is 1. The number of benzene rings is 2. The minimum Gasteiger partial charge on any atom is -0.493 e. The molecular weight excluding hydrogens is 289 g/mol. The highest BCUT2D eigenvalue weighted by atomic mass is 35.5. The zero-order valence-corrected chi connectivity index (χ0v) is 12.6. The Morgan fingerprint density at radius 3 is 2.90 bits per heavy atom. The monoisotopic (exact) mass is 305 g/mol. The van der Waals surface area contributed by atoms with Crippen LogP contribution in [0.2, 0.25) is 5.02 Å². The first-order valence-corrected chi connectivity index (χ1v) is 7.51. The van der Waals surface area contributed by atoms with Crippen LogP contribution in [0.5, 0.6) is 5.75 Å². The van der Waals surface area contributed by atoms with Crippen molar-refractivity contribution >= 4 is 11.6 Å². The Bertz CT molecular complexity index is 659. The Balaban J connectivity index is 2.08. The van der Waals surface area contributed by atoms with E-state index in [4.69, 9.17) is 16.3 Å². The Morgan fingerprint density at radius 1 is 1.29 bits per heavy atom. The van der Waals surface area contributed by atoms with Gasteiger partial charge in [-0.15, -0.1) is 0 Å². The van der Waals surface area contributed by atoms with Gasteiger partial charge in [-0.1, -0.05) is 42.8 Å². The van der Waals surface area contributed by atoms with E-state index in [0.717, 1.165) is 24.3 Å². The van der Waals surface area contributed by atoms with Crippen LogP contribution in [-0.4, -0.2) is 13.2 Å². The molecule has 0 fully saturated rings. The van der Waals surface area contributed by atoms with Crippen molar-refractivity contribution in [2.24, 2.45) is 0 Å². The van der Waals surface area contributed by atoms with Gasteiger partial charge in [-0.25, -0.2) is 4.39 Å². The number of fused-ring (bicyclic) bond motifs is 1. The third-order valence-corrected chi connectivity index (χ3v) is 3.97. The lowest BCUT2D eigenvalue weighted by Gasteiger charge is -2.21. The molecule has 2 nitrogen and oxygen atoms in total. The van der Waals surface area contributed by atoms with Crippen LogP contribution in [0, 0.1) is 5.82 Å². The molecule has 0 amide bonds. The summed E-state index contributed by atoms with van der Waals surface area (Å²) in [7, 11) is 0. The quantitative estimate of drug-likeness (QED) is 0.917. The van der Waals surface area contributed by atoms with E-state index in [1.165, 1.54) is 11.6 Å². The van der Waals surface area contributed by atoms with Crippen molar-refractivity contribution in [1.29, 1.82) is 0 Å². The van der Waals surface area contributed by atoms with Gasteiger partial charge in [0.1, 0.15) is 11.6 Å². The summed E-state index contributed by atoms with van der Waals surface area (Å²) in [6, 6.07) is 10.6. The van der Waals surface area contributed by atoms with Gasteiger partial charge in [0.2, 0.25) is 0 Å². The maximum absolute atomic E-state index is 14.3. The second kappa shape index (κ2) is 6.04. The van der Waals surface area contributed by atoms with Crippen molar-refractivity contribution in [3.63, 3.8) is 0 Å². The van der Waals surface area contributed by atoms with E-state index >= 15 is 0 Å². The molecule has 4 heteroatoms. The molecule has 1 aliphatic heterocycles. The van der Waals surface area contributed by atoms with Crippen LogP contribution >= 0.6 is 11.6 Å². The fraction of sp³-hybridized carbons (Fsp3) is 0.294. The topological polar surface area (TPSA) is 21.3 Å². The molecule has 110 valence electrons. The molecule has 0 radical (unpaired) electrons. The van der Waals surface area contributed by atoms with Gasteiger partial charge in [0.05, 0.1) is 12.6 Å². The van der Waals surface area contributed by atoms with Crippen molar-refractivity contribution in [3.8, 4) is 5.75 Å². The molecule has 3 rings (SSSR count). The van der Waals surface area contributed by atoms with Gasteiger partial charge in [-0.2, -0.15) is 0 Å². The second-order valence-corrected chi connectivity index (χ2v) is 5.53. The molecule has 1 heterocycles. The largest absolute Gasteiger partial charge is 0.493 e. The van der Waals surface area contributed by atoms with Crippen LogP contribution in [0.15, 0.2) is 36.4 Å². The van der Waals surface area contributed by atoms with Crippen molar-refractivity contribution in [3.05, 3.63) is 63.9 Å². The van der Waals surface area contributed by atoms with Crippen LogP contribution in [0.25, 0.3) is 0 Å². The molecule has 21 heavy (non-hydrogen) atoms. The van der Waals surface area contributed by atoms with E-state index in [0.29, 0.717) is 17.2 Å². The molecular formula is C17H17ClFNO. The van der Waals surface area contributed by atoms with Crippen LogP contribution in [0.3, 0.4) is 0 Å². The summed E-state index contributed by atoms with van der Waals surface area (Å²) in [6.07, 6.45) is 0.908. The van der Waals surface area contributed by atoms with Crippen molar-refractivity contribution in [2.75, 3.05) is 13.2 Å². The molecule has 0 aliphatic carbocycles. The summed E-state index contributed by atoms with van der Waals surface area (Å²) in [5.41, 5.74) is 2.75. The standard InChI is InChI=1S/C17H17ClFNO/c1-2-20-16(13-7-6-12(18)10-15(13)19)14-5-3-4-11-8-9-21-17(11)14/h3-7,10,16,20H,2,8-9H2,1H3. The van der Waals surface area contributed by atoms with Gasteiger partial charge < -0.3 is 10.1 Å². The summed E-state index contributed by atoms with van der Waals surface area (Å²) < 4.78 is 20.0. The van der Waals surface area contributed by atoms with E-state index in [9.17, 15) is 4.39 Å². The highest BCUT2D eigenvalue weighted by Crippen LogP contribution is 2.37. The molecule has 0 spiro atoms. The van der Waals surface area contributed by atoms with E-state index in [-0.39, 0.29) is 11.9 Å². The van der Waals surface area contributed by atoms with Crippen LogP contribution in [-0.2, 0) is 6.42 Å². The van der Waals surface area contributed by atoms with Crippen molar-refractivity contribution in [2.45, 2.75) is 19.4 Å². The lowest BCUT2D eigenvalue weighted by Crippen LogP contribution is -2.23. The highest BCUT2D eigenvalue weighted by Gasteiger charge is 2.24. The van der Waals surface area contributed by atoms with Gasteiger partial charge in [0, 0.05) is 22.6 Å². The maximum atomic E-state index is 14.3. The summed E-state index contributed by atoms with van der Waals surface area (Å²) >= 11 is 5.85. The molecule has 0 bridgehead atoms. The third-order valence-electron chi connectivity index (χ3n) is 3.74. The predicted molar refractivity (Wildman–Crippen MR) is 82.6 cm³/mol. The third kappa shape index (κ3) is 2.76. The lowest BCUT2D eigenvalue weighted by atomic mass is 9.95. The number of ether oxygens (including phenoxy) is 1. The van der Waals surface area contributed by atoms with E-state index in [1.54, 1.807) is 12.1 Å². The van der Waals surface area contributed by atoms with Gasteiger partial charge in [-0.3, -0.25) is 0 Å². The normalized spacial score (nSPS) is 14.6. The molecule has 0 saturated carbocycles. The van der Waals surface area contributed by atoms with Gasteiger partial charge in [-0.05, 0) is 24.2 Å². The molecule has 1 unspecified atom stereocenters. The smallest absolute Gasteiger partial charge is 0.129 e. The molecule has 2 aromatic rings. The van der Waals surface area contributed by atoms with Crippen LogP contribution in [0.4, 0.5) is 4.39 Å². The fourth-order valence-corrected chi connectivity index (χ4v) is 2.95. The minimum atomic E-state index is -0.302. The SMILES string of the molecule is CCNC(c1ccc(Cl)cc1F)c1cccc2c1OCC2. The molecule has 0 saturated heterocycles. The number of hydrogen-bond donors (Lipinski definition) is 1. The summed E-state index contributed by atoms with van der Waals surface area (Å²) in [5.74, 6) is 0.585. The average Bonchev–Trinajstić information content (AvgIpc) is 2.94. The van der Waals surface area contributed by atoms with Gasteiger partial charge in [0.25, 0.3) is 0 Å². The minimum absolute atomic E-state index is 0.236. The molecule has 2 aromatic carbocycles. The maximum Gasteiger partial charge on any atom is 0.129 e. The number of halogens is 2. The molecule has 1 atom stereocenters. The Morgan fingerprint density at radius 2 is 2.14 bits per heavy atom. The number of rotatable bonds is 4. The average molecular weight is 306 g/mol. The van der Waals surface area contributed by atoms with Gasteiger partial charge >= 0.3 is 0 Å². The lowest BCUT2D eigenvalue weighted by molar-refractivity contribution is 0.350. The number of hydrogen-bond acceptors (Lipinski definition) is 2. The van der Waals surface area contributed by atoms with Crippen LogP contribution < -0.4 is 10.1 Å². The molecule has 0 aromatic heterocycles. The Kier molecular flexibility index (Phi) is 4.13. The zero-order chi connectivity index (χ0) is 14.8. The van der Waals surface area contributed by atoms with E-state index in [1.807, 2.05) is 19.1 Å². The highest BCUT2D eigenvalue weighted by molar-refractivity contribution is 6.30. The first kappa shape index (κ1) is 14.4. The summed E-state index contributed by atoms with van der Waals surface area (Å²) in [4.78, 5) is 0. The summed E-state index contributed by atoms with van der Waals surface area (Å²) in [6.45, 7) is 3.43. The molecule has 1 N–H and O–H groups in total. The Hall–Kier alpha value is -1.58. The predicted octanol–water partition coefficient (Wildman–Crippen LogP) is 4.11. The van der Waals surface area contributed by atoms with Crippen molar-refractivity contribution < 1.29 is 9.13 Å². The van der Waals surface area contributed by atoms with E-state index < -0.39 is 0 Å². The first-order valence-electron chi connectivity index (χ1n) is 7.13. The van der Waals surface area contributed by atoms with Crippen LogP contribution in [0.1, 0.15) is 29.7 Å². The van der Waals surface area contributed by atoms with E-state index in [2.05, 4.69) is 11.4 Å². The second-order valence-electron chi connectivity index (χ2n) is 5.09. The summed E-state index contributed by atoms with van der Waals surface area (Å²) in [5, 5.41) is 3.75. The first-order chi connectivity index (χ1) is 10.2. The fourth-order valence-electron chi connectivity index (χ4n) is 2.80. The number of nitrogens with one attached hydrogen (secondary N) is 1. The zero-order valence-electron chi connectivity index (χ0n) is 11.8.